The lowest BCUT2D eigenvalue weighted by Gasteiger charge is -2.13. The molecule has 0 aliphatic carbocycles. The van der Waals surface area contributed by atoms with E-state index in [1.807, 2.05) is 0 Å². The van der Waals surface area contributed by atoms with Gasteiger partial charge in [0.05, 0.1) is 18.9 Å². The van der Waals surface area contributed by atoms with Crippen molar-refractivity contribution in [2.45, 2.75) is 25.8 Å². The molecule has 1 rings (SSSR count). The Kier molecular flexibility index (Phi) is 5.24. The molecule has 20 heavy (non-hydrogen) atoms. The normalized spacial score (nSPS) is 11.8. The van der Waals surface area contributed by atoms with Crippen molar-refractivity contribution in [3.8, 4) is 0 Å². The summed E-state index contributed by atoms with van der Waals surface area (Å²) < 4.78 is 5.95. The lowest BCUT2D eigenvalue weighted by Crippen LogP contribution is -2.41. The van der Waals surface area contributed by atoms with Crippen LogP contribution in [0.3, 0.4) is 0 Å². The van der Waals surface area contributed by atoms with Gasteiger partial charge < -0.3 is 15.2 Å². The first kappa shape index (κ1) is 15.7. The van der Waals surface area contributed by atoms with Gasteiger partial charge in [0.25, 0.3) is 5.91 Å². The number of rotatable bonds is 6. The van der Waals surface area contributed by atoms with Gasteiger partial charge >= 0.3 is 11.9 Å². The predicted octanol–water partition coefficient (Wildman–Crippen LogP) is -0.135. The monoisotopic (exact) mass is 283 g/mol. The maximum Gasteiger partial charge on any atom is 0.326 e. The lowest BCUT2D eigenvalue weighted by molar-refractivity contribution is -0.142. The number of nitrogens with zero attached hydrogens (tertiary/aromatic N) is 2. The molecule has 0 bridgehead atoms. The van der Waals surface area contributed by atoms with Crippen LogP contribution in [0.2, 0.25) is 0 Å². The third kappa shape index (κ3) is 3.81. The van der Waals surface area contributed by atoms with Gasteiger partial charge in [-0.2, -0.15) is 5.10 Å². The first-order valence-electron chi connectivity index (χ1n) is 5.96. The minimum atomic E-state index is -1.20. The van der Waals surface area contributed by atoms with Gasteiger partial charge in [-0.3, -0.25) is 14.3 Å². The maximum atomic E-state index is 12.0. The summed E-state index contributed by atoms with van der Waals surface area (Å²) in [7, 11) is 2.90. The quantitative estimate of drug-likeness (QED) is 0.703. The van der Waals surface area contributed by atoms with Crippen LogP contribution in [0.5, 0.6) is 0 Å². The van der Waals surface area contributed by atoms with Crippen molar-refractivity contribution < 1.29 is 24.2 Å². The first-order chi connectivity index (χ1) is 9.36. The number of carbonyl (C=O) groups excluding carboxylic acids is 2. The number of aliphatic carboxylic acids is 1. The molecule has 8 heteroatoms. The van der Waals surface area contributed by atoms with Crippen LogP contribution in [0.25, 0.3) is 0 Å². The largest absolute Gasteiger partial charge is 0.480 e. The highest BCUT2D eigenvalue weighted by Crippen LogP contribution is 2.07. The first-order valence-corrected chi connectivity index (χ1v) is 5.96. The number of ether oxygens (including phenoxy) is 1. The maximum absolute atomic E-state index is 12.0. The van der Waals surface area contributed by atoms with Crippen molar-refractivity contribution in [1.29, 1.82) is 0 Å². The summed E-state index contributed by atoms with van der Waals surface area (Å²) in [5, 5.41) is 15.3. The Balaban J connectivity index is 2.71. The number of hydrogen-bond donors (Lipinski definition) is 2. The van der Waals surface area contributed by atoms with Gasteiger partial charge in [-0.05, 0) is 13.3 Å². The third-order valence-electron chi connectivity index (χ3n) is 2.95. The molecule has 0 spiro atoms. The number of aromatic nitrogens is 2. The number of esters is 1. The summed E-state index contributed by atoms with van der Waals surface area (Å²) >= 11 is 0. The van der Waals surface area contributed by atoms with Gasteiger partial charge in [-0.1, -0.05) is 0 Å². The second-order valence-electron chi connectivity index (χ2n) is 4.25. The average Bonchev–Trinajstić information content (AvgIpc) is 2.74. The Labute approximate surface area is 115 Å². The lowest BCUT2D eigenvalue weighted by atomic mass is 10.1. The van der Waals surface area contributed by atoms with E-state index in [9.17, 15) is 14.4 Å². The molecule has 8 nitrogen and oxygen atoms in total. The number of amides is 1. The zero-order chi connectivity index (χ0) is 15.3. The number of carboxylic acids is 1. The van der Waals surface area contributed by atoms with Crippen molar-refractivity contribution in [2.24, 2.45) is 7.05 Å². The van der Waals surface area contributed by atoms with Crippen molar-refractivity contribution in [3.63, 3.8) is 0 Å². The Morgan fingerprint density at radius 3 is 2.60 bits per heavy atom. The van der Waals surface area contributed by atoms with Crippen LogP contribution in [-0.2, 0) is 21.4 Å². The van der Waals surface area contributed by atoms with Crippen molar-refractivity contribution in [3.05, 3.63) is 17.5 Å². The van der Waals surface area contributed by atoms with E-state index in [1.165, 1.54) is 18.0 Å². The molecule has 2 N–H and O–H groups in total. The van der Waals surface area contributed by atoms with E-state index in [1.54, 1.807) is 14.0 Å². The van der Waals surface area contributed by atoms with Crippen molar-refractivity contribution in [1.82, 2.24) is 15.1 Å². The fourth-order valence-corrected chi connectivity index (χ4v) is 1.58. The number of aryl methyl sites for hydroxylation is 1. The highest BCUT2D eigenvalue weighted by atomic mass is 16.5. The fourth-order valence-electron chi connectivity index (χ4n) is 1.58. The summed E-state index contributed by atoms with van der Waals surface area (Å²) in [5.74, 6) is -2.26. The van der Waals surface area contributed by atoms with Gasteiger partial charge in [0.1, 0.15) is 6.04 Å². The Bertz CT molecular complexity index is 523. The molecule has 1 aromatic heterocycles. The molecular formula is C12H17N3O5. The van der Waals surface area contributed by atoms with E-state index in [0.717, 1.165) is 0 Å². The summed E-state index contributed by atoms with van der Waals surface area (Å²) in [5.41, 5.74) is 0.927. The molecule has 0 aliphatic rings. The van der Waals surface area contributed by atoms with Gasteiger partial charge in [-0.25, -0.2) is 4.79 Å². The highest BCUT2D eigenvalue weighted by molar-refractivity contribution is 5.97. The zero-order valence-corrected chi connectivity index (χ0v) is 11.5. The van der Waals surface area contributed by atoms with E-state index >= 15 is 0 Å². The van der Waals surface area contributed by atoms with E-state index in [4.69, 9.17) is 5.11 Å². The molecule has 110 valence electrons. The molecule has 1 amide bonds. The molecule has 1 unspecified atom stereocenters. The second-order valence-corrected chi connectivity index (χ2v) is 4.25. The van der Waals surface area contributed by atoms with Gasteiger partial charge in [0, 0.05) is 19.2 Å². The number of hydrogen-bond acceptors (Lipinski definition) is 5. The zero-order valence-electron chi connectivity index (χ0n) is 11.5. The summed E-state index contributed by atoms with van der Waals surface area (Å²) in [6.07, 6.45) is 1.25. The molecule has 0 saturated carbocycles. The Hall–Kier alpha value is -2.38. The van der Waals surface area contributed by atoms with E-state index < -0.39 is 23.9 Å². The second kappa shape index (κ2) is 6.69. The van der Waals surface area contributed by atoms with Gasteiger partial charge in [0.15, 0.2) is 0 Å². The van der Waals surface area contributed by atoms with Gasteiger partial charge in [0.2, 0.25) is 0 Å². The molecule has 1 heterocycles. The third-order valence-corrected chi connectivity index (χ3v) is 2.95. The van der Waals surface area contributed by atoms with Crippen molar-refractivity contribution >= 4 is 17.8 Å². The molecule has 0 saturated heterocycles. The van der Waals surface area contributed by atoms with Crippen LogP contribution in [-0.4, -0.2) is 45.9 Å². The van der Waals surface area contributed by atoms with E-state index in [2.05, 4.69) is 15.2 Å². The summed E-state index contributed by atoms with van der Waals surface area (Å²) in [4.78, 5) is 34.0. The molecule has 0 fully saturated rings. The van der Waals surface area contributed by atoms with Crippen LogP contribution in [0.1, 0.15) is 28.9 Å². The Morgan fingerprint density at radius 1 is 1.50 bits per heavy atom. The molecule has 0 aromatic carbocycles. The summed E-state index contributed by atoms with van der Waals surface area (Å²) in [6, 6.07) is -1.15. The van der Waals surface area contributed by atoms with Gasteiger partial charge in [-0.15, -0.1) is 0 Å². The standard InChI is InChI=1S/C12H17N3O5/c1-7-8(6-13-15(7)2)11(17)14-9(12(18)19)4-5-10(16)20-3/h6,9H,4-5H2,1-3H3,(H,14,17)(H,18,19). The SMILES string of the molecule is COC(=O)CCC(NC(=O)c1cnn(C)c1C)C(=O)O. The van der Waals surface area contributed by atoms with Crippen LogP contribution in [0.15, 0.2) is 6.20 Å². The van der Waals surface area contributed by atoms with Crippen LogP contribution >= 0.6 is 0 Å². The average molecular weight is 283 g/mol. The molecular weight excluding hydrogens is 266 g/mol. The predicted molar refractivity (Wildman–Crippen MR) is 68.1 cm³/mol. The summed E-state index contributed by atoms with van der Waals surface area (Å²) in [6.45, 7) is 1.70. The van der Waals surface area contributed by atoms with E-state index in [0.29, 0.717) is 11.3 Å². The van der Waals surface area contributed by atoms with E-state index in [-0.39, 0.29) is 12.8 Å². The molecule has 1 aromatic rings. The molecule has 1 atom stereocenters. The van der Waals surface area contributed by atoms with Crippen LogP contribution < -0.4 is 5.32 Å². The smallest absolute Gasteiger partial charge is 0.326 e. The highest BCUT2D eigenvalue weighted by Gasteiger charge is 2.23. The topological polar surface area (TPSA) is 111 Å². The number of methoxy groups -OCH3 is 1. The number of nitrogens with one attached hydrogen (secondary N) is 1. The van der Waals surface area contributed by atoms with Crippen LogP contribution in [0.4, 0.5) is 0 Å². The number of carbonyl (C=O) groups is 3. The van der Waals surface area contributed by atoms with Crippen molar-refractivity contribution in [2.75, 3.05) is 7.11 Å². The minimum absolute atomic E-state index is 0.0347. The minimum Gasteiger partial charge on any atom is -0.480 e. The van der Waals surface area contributed by atoms with Crippen LogP contribution in [0, 0.1) is 6.92 Å². The molecule has 0 radical (unpaired) electrons. The fraction of sp³-hybridized carbons (Fsp3) is 0.500. The Morgan fingerprint density at radius 2 is 2.15 bits per heavy atom. The number of carboxylic acid groups (broad SMARTS) is 1. The molecule has 0 aliphatic heterocycles.